The van der Waals surface area contributed by atoms with Gasteiger partial charge in [0.05, 0.1) is 5.69 Å². The van der Waals surface area contributed by atoms with Crippen molar-refractivity contribution in [1.29, 1.82) is 0 Å². The minimum absolute atomic E-state index is 0.0618. The molecule has 0 saturated heterocycles. The number of phenols is 1. The van der Waals surface area contributed by atoms with Gasteiger partial charge in [0.15, 0.2) is 0 Å². The number of hydrogen-bond donors (Lipinski definition) is 2. The zero-order valence-corrected chi connectivity index (χ0v) is 8.55. The summed E-state index contributed by atoms with van der Waals surface area (Å²) in [6.07, 6.45) is 0. The maximum absolute atomic E-state index is 11.7. The van der Waals surface area contributed by atoms with Crippen LogP contribution in [0.2, 0.25) is 0 Å². The molecule has 0 aromatic heterocycles. The summed E-state index contributed by atoms with van der Waals surface area (Å²) < 4.78 is 0. The smallest absolute Gasteiger partial charge is 0.255 e. The Hall–Kier alpha value is -2.29. The van der Waals surface area contributed by atoms with Crippen molar-refractivity contribution in [1.82, 2.24) is 0 Å². The van der Waals surface area contributed by atoms with Gasteiger partial charge in [0.2, 0.25) is 0 Å². The molecule has 16 heavy (non-hydrogen) atoms. The molecule has 2 aromatic carbocycles. The molecular formula is C13H11NO2. The predicted octanol–water partition coefficient (Wildman–Crippen LogP) is 2.64. The number of phenolic OH excluding ortho intramolecular Hbond substituents is 1. The third-order valence-corrected chi connectivity index (χ3v) is 2.19. The summed E-state index contributed by atoms with van der Waals surface area (Å²) in [6, 6.07) is 15.5. The number of para-hydroxylation sites is 2. The molecule has 0 aliphatic carbocycles. The van der Waals surface area contributed by atoms with Crippen LogP contribution in [0.4, 0.5) is 5.69 Å². The molecule has 0 aliphatic rings. The molecule has 0 fully saturated rings. The van der Waals surface area contributed by atoms with E-state index < -0.39 is 0 Å². The Labute approximate surface area is 93.4 Å². The van der Waals surface area contributed by atoms with Crippen molar-refractivity contribution in [3.05, 3.63) is 60.2 Å². The molecule has 0 saturated carbocycles. The summed E-state index contributed by atoms with van der Waals surface area (Å²) in [6.45, 7) is 0. The first-order valence-corrected chi connectivity index (χ1v) is 4.92. The minimum Gasteiger partial charge on any atom is -0.506 e. The van der Waals surface area contributed by atoms with Crippen molar-refractivity contribution in [3.63, 3.8) is 0 Å². The number of amides is 1. The molecule has 2 rings (SSSR count). The molecule has 2 aromatic rings. The monoisotopic (exact) mass is 213 g/mol. The predicted molar refractivity (Wildman–Crippen MR) is 62.5 cm³/mol. The largest absolute Gasteiger partial charge is 0.506 e. The van der Waals surface area contributed by atoms with Crippen molar-refractivity contribution >= 4 is 11.6 Å². The van der Waals surface area contributed by atoms with E-state index in [9.17, 15) is 9.90 Å². The highest BCUT2D eigenvalue weighted by molar-refractivity contribution is 6.04. The first kappa shape index (κ1) is 10.2. The summed E-state index contributed by atoms with van der Waals surface area (Å²) in [4.78, 5) is 11.7. The maximum Gasteiger partial charge on any atom is 0.255 e. The molecular weight excluding hydrogens is 202 g/mol. The molecule has 1 amide bonds. The van der Waals surface area contributed by atoms with E-state index in [1.54, 1.807) is 42.5 Å². The minimum atomic E-state index is -0.234. The first-order valence-electron chi connectivity index (χ1n) is 4.92. The van der Waals surface area contributed by atoms with Crippen LogP contribution in [-0.4, -0.2) is 11.0 Å². The average molecular weight is 213 g/mol. The number of nitrogens with one attached hydrogen (secondary N) is 1. The van der Waals surface area contributed by atoms with Crippen LogP contribution in [0.1, 0.15) is 10.4 Å². The molecule has 0 bridgehead atoms. The maximum atomic E-state index is 11.7. The number of benzene rings is 2. The molecule has 3 heteroatoms. The van der Waals surface area contributed by atoms with Gasteiger partial charge in [-0.15, -0.1) is 0 Å². The van der Waals surface area contributed by atoms with E-state index in [1.165, 1.54) is 6.07 Å². The summed E-state index contributed by atoms with van der Waals surface area (Å²) >= 11 is 0. The van der Waals surface area contributed by atoms with Crippen molar-refractivity contribution in [2.75, 3.05) is 5.32 Å². The van der Waals surface area contributed by atoms with Crippen LogP contribution >= 0.6 is 0 Å². The second kappa shape index (κ2) is 4.49. The number of aromatic hydroxyl groups is 1. The van der Waals surface area contributed by atoms with Crippen LogP contribution < -0.4 is 5.32 Å². The van der Waals surface area contributed by atoms with Gasteiger partial charge in [0, 0.05) is 5.56 Å². The zero-order valence-electron chi connectivity index (χ0n) is 8.55. The second-order valence-electron chi connectivity index (χ2n) is 3.34. The Morgan fingerprint density at radius 3 is 2.25 bits per heavy atom. The molecule has 3 nitrogen and oxygen atoms in total. The lowest BCUT2D eigenvalue weighted by atomic mass is 10.2. The molecule has 0 spiro atoms. The lowest BCUT2D eigenvalue weighted by Crippen LogP contribution is -2.11. The number of carbonyl (C=O) groups excluding carboxylic acids is 1. The van der Waals surface area contributed by atoms with E-state index in [-0.39, 0.29) is 11.7 Å². The van der Waals surface area contributed by atoms with E-state index in [2.05, 4.69) is 5.32 Å². The highest BCUT2D eigenvalue weighted by Crippen LogP contribution is 2.21. The molecule has 0 unspecified atom stereocenters. The van der Waals surface area contributed by atoms with Crippen LogP contribution in [0.25, 0.3) is 0 Å². The van der Waals surface area contributed by atoms with Crippen molar-refractivity contribution < 1.29 is 9.90 Å². The van der Waals surface area contributed by atoms with Gasteiger partial charge in [-0.2, -0.15) is 0 Å². The summed E-state index contributed by atoms with van der Waals surface area (Å²) in [5, 5.41) is 12.1. The lowest BCUT2D eigenvalue weighted by molar-refractivity contribution is 0.102. The van der Waals surface area contributed by atoms with Crippen LogP contribution in [-0.2, 0) is 0 Å². The highest BCUT2D eigenvalue weighted by Gasteiger charge is 2.06. The Bertz CT molecular complexity index is 494. The SMILES string of the molecule is O=C(Nc1ccccc1O)c1ccccc1. The van der Waals surface area contributed by atoms with Crippen LogP contribution in [0, 0.1) is 0 Å². The van der Waals surface area contributed by atoms with Gasteiger partial charge in [0.25, 0.3) is 5.91 Å². The number of anilines is 1. The van der Waals surface area contributed by atoms with Crippen molar-refractivity contribution in [3.8, 4) is 5.75 Å². The third-order valence-electron chi connectivity index (χ3n) is 2.19. The topological polar surface area (TPSA) is 49.3 Å². The van der Waals surface area contributed by atoms with Gasteiger partial charge < -0.3 is 10.4 Å². The number of carbonyl (C=O) groups is 1. The average Bonchev–Trinajstić information content (AvgIpc) is 2.33. The first-order chi connectivity index (χ1) is 7.77. The fourth-order valence-electron chi connectivity index (χ4n) is 1.36. The van der Waals surface area contributed by atoms with E-state index in [1.807, 2.05) is 6.07 Å². The Morgan fingerprint density at radius 1 is 0.938 bits per heavy atom. The van der Waals surface area contributed by atoms with E-state index in [0.29, 0.717) is 11.3 Å². The molecule has 0 radical (unpaired) electrons. The van der Waals surface area contributed by atoms with Crippen molar-refractivity contribution in [2.24, 2.45) is 0 Å². The van der Waals surface area contributed by atoms with E-state index in [0.717, 1.165) is 0 Å². The molecule has 0 atom stereocenters. The molecule has 0 aliphatic heterocycles. The van der Waals surface area contributed by atoms with E-state index in [4.69, 9.17) is 0 Å². The Balaban J connectivity index is 2.18. The van der Waals surface area contributed by atoms with Crippen molar-refractivity contribution in [2.45, 2.75) is 0 Å². The molecule has 0 heterocycles. The van der Waals surface area contributed by atoms with Gasteiger partial charge in [-0.25, -0.2) is 0 Å². The van der Waals surface area contributed by atoms with Crippen LogP contribution in [0.5, 0.6) is 5.75 Å². The van der Waals surface area contributed by atoms with Gasteiger partial charge in [0.1, 0.15) is 5.75 Å². The summed E-state index contributed by atoms with van der Waals surface area (Å²) in [7, 11) is 0. The standard InChI is InChI=1S/C13H11NO2/c15-12-9-5-4-8-11(12)14-13(16)10-6-2-1-3-7-10/h1-9,15H,(H,14,16). The number of rotatable bonds is 2. The highest BCUT2D eigenvalue weighted by atomic mass is 16.3. The lowest BCUT2D eigenvalue weighted by Gasteiger charge is -2.06. The molecule has 80 valence electrons. The fourth-order valence-corrected chi connectivity index (χ4v) is 1.36. The second-order valence-corrected chi connectivity index (χ2v) is 3.34. The van der Waals surface area contributed by atoms with Gasteiger partial charge >= 0.3 is 0 Å². The number of hydrogen-bond acceptors (Lipinski definition) is 2. The molecule has 2 N–H and O–H groups in total. The summed E-state index contributed by atoms with van der Waals surface area (Å²) in [5.41, 5.74) is 0.974. The zero-order chi connectivity index (χ0) is 11.4. The quantitative estimate of drug-likeness (QED) is 0.753. The van der Waals surface area contributed by atoms with E-state index >= 15 is 0 Å². The van der Waals surface area contributed by atoms with Crippen LogP contribution in [0.3, 0.4) is 0 Å². The third kappa shape index (κ3) is 2.20. The normalized spacial score (nSPS) is 9.75. The van der Waals surface area contributed by atoms with Gasteiger partial charge in [-0.1, -0.05) is 30.3 Å². The summed E-state index contributed by atoms with van der Waals surface area (Å²) in [5.74, 6) is -0.172. The van der Waals surface area contributed by atoms with Gasteiger partial charge in [-0.3, -0.25) is 4.79 Å². The Morgan fingerprint density at radius 2 is 1.56 bits per heavy atom. The Kier molecular flexibility index (Phi) is 2.87. The van der Waals surface area contributed by atoms with Gasteiger partial charge in [-0.05, 0) is 24.3 Å². The fraction of sp³-hybridized carbons (Fsp3) is 0. The van der Waals surface area contributed by atoms with Crippen LogP contribution in [0.15, 0.2) is 54.6 Å².